The summed E-state index contributed by atoms with van der Waals surface area (Å²) >= 11 is 0. The first-order valence-corrected chi connectivity index (χ1v) is 8.21. The number of pyridine rings is 1. The van der Waals surface area contributed by atoms with Crippen LogP contribution in [-0.2, 0) is 4.79 Å². The van der Waals surface area contributed by atoms with Gasteiger partial charge in [0.1, 0.15) is 5.82 Å². The van der Waals surface area contributed by atoms with Gasteiger partial charge < -0.3 is 10.6 Å². The normalized spacial score (nSPS) is 20.3. The number of hydrogen-bond donors (Lipinski definition) is 1. The molecule has 2 fully saturated rings. The van der Waals surface area contributed by atoms with Crippen molar-refractivity contribution < 1.29 is 14.0 Å². The summed E-state index contributed by atoms with van der Waals surface area (Å²) in [5.74, 6) is 1.17. The van der Waals surface area contributed by atoms with Crippen molar-refractivity contribution in [1.82, 2.24) is 9.88 Å². The third-order valence-electron chi connectivity index (χ3n) is 4.59. The van der Waals surface area contributed by atoms with Crippen LogP contribution in [-0.4, -0.2) is 34.8 Å². The molecule has 2 N–H and O–H groups in total. The molecular weight excluding hydrogens is 321 g/mol. The van der Waals surface area contributed by atoms with Gasteiger partial charge in [-0.05, 0) is 42.5 Å². The maximum atomic E-state index is 13.0. The van der Waals surface area contributed by atoms with E-state index in [0.717, 1.165) is 24.9 Å². The first-order chi connectivity index (χ1) is 11.9. The van der Waals surface area contributed by atoms with E-state index in [2.05, 4.69) is 4.98 Å². The SMILES string of the molecule is CC(=O)N1C[C@H]2C[C@H]2C1.NC(=O)c1ccc(-c2cccc(F)c2)nc1. The van der Waals surface area contributed by atoms with Crippen LogP contribution in [0.5, 0.6) is 0 Å². The molecular formula is C19H20FN3O2. The molecule has 2 atom stereocenters. The van der Waals surface area contributed by atoms with Gasteiger partial charge in [0.25, 0.3) is 0 Å². The lowest BCUT2D eigenvalue weighted by Gasteiger charge is -2.14. The maximum absolute atomic E-state index is 13.0. The Morgan fingerprint density at radius 2 is 1.92 bits per heavy atom. The molecule has 1 aromatic carbocycles. The number of aromatic nitrogens is 1. The first kappa shape index (κ1) is 17.1. The van der Waals surface area contributed by atoms with Gasteiger partial charge >= 0.3 is 0 Å². The number of nitrogens with zero attached hydrogens (tertiary/aromatic N) is 2. The Kier molecular flexibility index (Phi) is 4.79. The molecule has 2 aromatic rings. The number of likely N-dealkylation sites (tertiary alicyclic amines) is 1. The first-order valence-electron chi connectivity index (χ1n) is 8.21. The highest BCUT2D eigenvalue weighted by Crippen LogP contribution is 2.44. The van der Waals surface area contributed by atoms with Gasteiger partial charge in [-0.3, -0.25) is 14.6 Å². The van der Waals surface area contributed by atoms with Crippen LogP contribution in [0.2, 0.25) is 0 Å². The molecule has 5 nitrogen and oxygen atoms in total. The Bertz CT molecular complexity index is 782. The molecule has 4 rings (SSSR count). The van der Waals surface area contributed by atoms with Crippen LogP contribution in [0.1, 0.15) is 23.7 Å². The Labute approximate surface area is 145 Å². The molecule has 1 saturated carbocycles. The monoisotopic (exact) mass is 341 g/mol. The van der Waals surface area contributed by atoms with E-state index in [-0.39, 0.29) is 11.7 Å². The average molecular weight is 341 g/mol. The zero-order valence-electron chi connectivity index (χ0n) is 14.0. The fraction of sp³-hybridized carbons (Fsp3) is 0.316. The Morgan fingerprint density at radius 3 is 2.40 bits per heavy atom. The van der Waals surface area contributed by atoms with Gasteiger partial charge in [-0.25, -0.2) is 4.39 Å². The number of primary amides is 1. The zero-order valence-corrected chi connectivity index (χ0v) is 14.0. The van der Waals surface area contributed by atoms with Gasteiger partial charge in [0.2, 0.25) is 11.8 Å². The van der Waals surface area contributed by atoms with Crippen molar-refractivity contribution in [3.63, 3.8) is 0 Å². The number of carbonyl (C=O) groups is 2. The molecule has 2 amide bonds. The van der Waals surface area contributed by atoms with Gasteiger partial charge in [-0.2, -0.15) is 0 Å². The molecule has 0 bridgehead atoms. The lowest BCUT2D eigenvalue weighted by molar-refractivity contribution is -0.128. The summed E-state index contributed by atoms with van der Waals surface area (Å²) in [6, 6.07) is 9.29. The van der Waals surface area contributed by atoms with Crippen molar-refractivity contribution in [3.05, 3.63) is 54.0 Å². The molecule has 0 radical (unpaired) electrons. The topological polar surface area (TPSA) is 76.3 Å². The zero-order chi connectivity index (χ0) is 18.0. The predicted molar refractivity (Wildman–Crippen MR) is 92.0 cm³/mol. The van der Waals surface area contributed by atoms with Crippen LogP contribution in [0, 0.1) is 17.7 Å². The number of halogens is 1. The van der Waals surface area contributed by atoms with Crippen LogP contribution in [0.25, 0.3) is 11.3 Å². The van der Waals surface area contributed by atoms with Crippen LogP contribution in [0.4, 0.5) is 4.39 Å². The molecule has 130 valence electrons. The van der Waals surface area contributed by atoms with Crippen LogP contribution >= 0.6 is 0 Å². The highest BCUT2D eigenvalue weighted by Gasteiger charge is 2.45. The van der Waals surface area contributed by atoms with Crippen molar-refractivity contribution in [3.8, 4) is 11.3 Å². The predicted octanol–water partition coefficient (Wildman–Crippen LogP) is 2.47. The second-order valence-corrected chi connectivity index (χ2v) is 6.49. The molecule has 1 aliphatic heterocycles. The number of fused-ring (bicyclic) bond motifs is 1. The highest BCUT2D eigenvalue weighted by molar-refractivity contribution is 5.92. The molecule has 25 heavy (non-hydrogen) atoms. The quantitative estimate of drug-likeness (QED) is 0.912. The molecule has 2 aliphatic rings. The smallest absolute Gasteiger partial charge is 0.250 e. The van der Waals surface area contributed by atoms with E-state index in [9.17, 15) is 14.0 Å². The van der Waals surface area contributed by atoms with Gasteiger partial charge in [0.15, 0.2) is 0 Å². The third-order valence-corrected chi connectivity index (χ3v) is 4.59. The number of nitrogens with two attached hydrogens (primary N) is 1. The summed E-state index contributed by atoms with van der Waals surface area (Å²) in [5, 5.41) is 0. The minimum atomic E-state index is -0.529. The minimum Gasteiger partial charge on any atom is -0.366 e. The number of hydrogen-bond acceptors (Lipinski definition) is 3. The fourth-order valence-electron chi connectivity index (χ4n) is 3.01. The Hall–Kier alpha value is -2.76. The number of benzene rings is 1. The summed E-state index contributed by atoms with van der Waals surface area (Å²) < 4.78 is 13.0. The van der Waals surface area contributed by atoms with E-state index in [1.54, 1.807) is 31.2 Å². The highest BCUT2D eigenvalue weighted by atomic mass is 19.1. The number of piperidine rings is 1. The standard InChI is InChI=1S/C12H9FN2O.C7H11NO/c13-10-3-1-2-8(6-10)11-5-4-9(7-15-11)12(14)16;1-5(9)8-3-6-2-7(6)4-8/h1-7H,(H2,14,16);6-7H,2-4H2,1H3/t;6-,7+. The maximum Gasteiger partial charge on any atom is 0.250 e. The molecule has 6 heteroatoms. The fourth-order valence-corrected chi connectivity index (χ4v) is 3.01. The second-order valence-electron chi connectivity index (χ2n) is 6.49. The van der Waals surface area contributed by atoms with E-state index >= 15 is 0 Å². The summed E-state index contributed by atoms with van der Waals surface area (Å²) in [6.45, 7) is 3.74. The second kappa shape index (κ2) is 7.01. The summed E-state index contributed by atoms with van der Waals surface area (Å²) in [7, 11) is 0. The van der Waals surface area contributed by atoms with Gasteiger partial charge in [-0.15, -0.1) is 0 Å². The molecule has 0 unspecified atom stereocenters. The van der Waals surface area contributed by atoms with E-state index in [4.69, 9.17) is 5.73 Å². The van der Waals surface area contributed by atoms with Crippen LogP contribution in [0.15, 0.2) is 42.6 Å². The number of carbonyl (C=O) groups excluding carboxylic acids is 2. The molecule has 1 aliphatic carbocycles. The van der Waals surface area contributed by atoms with Crippen molar-refractivity contribution >= 4 is 11.8 Å². The summed E-state index contributed by atoms with van der Waals surface area (Å²) in [5.41, 5.74) is 6.69. The van der Waals surface area contributed by atoms with E-state index in [1.807, 2.05) is 4.90 Å². The Balaban J connectivity index is 0.000000170. The third kappa shape index (κ3) is 4.21. The van der Waals surface area contributed by atoms with Gasteiger partial charge in [0.05, 0.1) is 11.3 Å². The van der Waals surface area contributed by atoms with Crippen LogP contribution in [0.3, 0.4) is 0 Å². The largest absolute Gasteiger partial charge is 0.366 e. The average Bonchev–Trinajstić information content (AvgIpc) is 3.21. The van der Waals surface area contributed by atoms with Crippen molar-refractivity contribution in [2.24, 2.45) is 17.6 Å². The number of rotatable bonds is 2. The lowest BCUT2D eigenvalue weighted by Crippen LogP contribution is -2.27. The van der Waals surface area contributed by atoms with Gasteiger partial charge in [0, 0.05) is 31.8 Å². The van der Waals surface area contributed by atoms with Crippen molar-refractivity contribution in [2.75, 3.05) is 13.1 Å². The van der Waals surface area contributed by atoms with Gasteiger partial charge in [-0.1, -0.05) is 12.1 Å². The van der Waals surface area contributed by atoms with E-state index in [1.165, 1.54) is 24.8 Å². The van der Waals surface area contributed by atoms with E-state index in [0.29, 0.717) is 16.8 Å². The van der Waals surface area contributed by atoms with Crippen molar-refractivity contribution in [1.29, 1.82) is 0 Å². The lowest BCUT2D eigenvalue weighted by atomic mass is 10.1. The van der Waals surface area contributed by atoms with Crippen molar-refractivity contribution in [2.45, 2.75) is 13.3 Å². The Morgan fingerprint density at radius 1 is 1.20 bits per heavy atom. The summed E-state index contributed by atoms with van der Waals surface area (Å²) in [4.78, 5) is 27.6. The van der Waals surface area contributed by atoms with E-state index < -0.39 is 5.91 Å². The molecule has 1 aromatic heterocycles. The van der Waals surface area contributed by atoms with Crippen LogP contribution < -0.4 is 5.73 Å². The minimum absolute atomic E-state index is 0.252. The number of amides is 2. The molecule has 1 saturated heterocycles. The molecule has 0 spiro atoms. The molecule has 2 heterocycles. The summed E-state index contributed by atoms with van der Waals surface area (Å²) in [6.07, 6.45) is 2.76.